The van der Waals surface area contributed by atoms with E-state index in [0.29, 0.717) is 12.3 Å². The minimum absolute atomic E-state index is 0.127. The number of carbonyl (C=O) groups excluding carboxylic acids is 1. The van der Waals surface area contributed by atoms with Gasteiger partial charge in [-0.3, -0.25) is 9.89 Å². The maximum Gasteiger partial charge on any atom is 0.224 e. The first-order chi connectivity index (χ1) is 11.2. The van der Waals surface area contributed by atoms with E-state index in [1.807, 2.05) is 13.0 Å². The second kappa shape index (κ2) is 7.44. The van der Waals surface area contributed by atoms with Crippen molar-refractivity contribution in [2.24, 2.45) is 5.92 Å². The normalized spacial score (nSPS) is 15.0. The maximum absolute atomic E-state index is 12.3. The summed E-state index contributed by atoms with van der Waals surface area (Å²) in [5.74, 6) is 0.692. The molecule has 1 aliphatic carbocycles. The van der Waals surface area contributed by atoms with E-state index < -0.39 is 0 Å². The Bertz CT molecular complexity index is 642. The highest BCUT2D eigenvalue weighted by molar-refractivity contribution is 5.92. The summed E-state index contributed by atoms with van der Waals surface area (Å²) in [6.07, 6.45) is 7.32. The third-order valence-corrected chi connectivity index (χ3v) is 4.73. The quantitative estimate of drug-likeness (QED) is 0.846. The van der Waals surface area contributed by atoms with Gasteiger partial charge in [-0.25, -0.2) is 0 Å². The van der Waals surface area contributed by atoms with Gasteiger partial charge in [0.15, 0.2) is 0 Å². The molecule has 1 aromatic heterocycles. The first kappa shape index (κ1) is 15.8. The Morgan fingerprint density at radius 2 is 1.96 bits per heavy atom. The molecule has 4 nitrogen and oxygen atoms in total. The average Bonchev–Trinajstić information content (AvgIpc) is 3.18. The zero-order chi connectivity index (χ0) is 16.1. The van der Waals surface area contributed by atoms with E-state index in [1.54, 1.807) is 0 Å². The lowest BCUT2D eigenvalue weighted by Gasteiger charge is -2.10. The third kappa shape index (κ3) is 4.21. The summed E-state index contributed by atoms with van der Waals surface area (Å²) in [6, 6.07) is 10.4. The molecule has 2 aromatic rings. The Labute approximate surface area is 137 Å². The van der Waals surface area contributed by atoms with Crippen LogP contribution in [0.2, 0.25) is 0 Å². The van der Waals surface area contributed by atoms with Crippen LogP contribution < -0.4 is 5.32 Å². The van der Waals surface area contributed by atoms with Crippen LogP contribution in [0.4, 0.5) is 5.69 Å². The monoisotopic (exact) mass is 311 g/mol. The Morgan fingerprint density at radius 3 is 2.70 bits per heavy atom. The van der Waals surface area contributed by atoms with E-state index in [2.05, 4.69) is 39.8 Å². The number of rotatable bonds is 6. The van der Waals surface area contributed by atoms with Crippen molar-refractivity contribution in [3.05, 3.63) is 47.3 Å². The van der Waals surface area contributed by atoms with Gasteiger partial charge in [0.25, 0.3) is 0 Å². The second-order valence-electron chi connectivity index (χ2n) is 6.56. The number of hydrogen-bond acceptors (Lipinski definition) is 2. The van der Waals surface area contributed by atoms with Gasteiger partial charge >= 0.3 is 0 Å². The molecule has 1 heterocycles. The van der Waals surface area contributed by atoms with Gasteiger partial charge in [0.1, 0.15) is 0 Å². The molecule has 23 heavy (non-hydrogen) atoms. The Kier molecular flexibility index (Phi) is 5.11. The molecule has 1 aliphatic rings. The predicted octanol–water partition coefficient (Wildman–Crippen LogP) is 4.02. The minimum Gasteiger partial charge on any atom is -0.323 e. The zero-order valence-electron chi connectivity index (χ0n) is 13.8. The average molecular weight is 311 g/mol. The molecule has 0 radical (unpaired) electrons. The first-order valence-corrected chi connectivity index (χ1v) is 8.60. The van der Waals surface area contributed by atoms with Crippen LogP contribution in [0, 0.1) is 12.8 Å². The molecule has 0 unspecified atom stereocenters. The molecule has 0 bridgehead atoms. The molecule has 1 amide bonds. The zero-order valence-corrected chi connectivity index (χ0v) is 13.8. The van der Waals surface area contributed by atoms with Gasteiger partial charge in [-0.1, -0.05) is 43.2 Å². The van der Waals surface area contributed by atoms with Gasteiger partial charge in [-0.05, 0) is 44.1 Å². The highest BCUT2D eigenvalue weighted by Crippen LogP contribution is 2.28. The standard InChI is InChI=1S/C19H25N3O/c1-14-19(20-18(23)13-16-9-5-6-10-16)17(22-21-14)12-11-15-7-3-2-4-8-15/h2-4,7-8,16H,5-6,9-13H2,1H3,(H,20,23)(H,21,22). The van der Waals surface area contributed by atoms with Crippen LogP contribution in [0.25, 0.3) is 0 Å². The van der Waals surface area contributed by atoms with E-state index in [-0.39, 0.29) is 5.91 Å². The lowest BCUT2D eigenvalue weighted by Crippen LogP contribution is -2.16. The van der Waals surface area contributed by atoms with Gasteiger partial charge < -0.3 is 5.32 Å². The topological polar surface area (TPSA) is 57.8 Å². The minimum atomic E-state index is 0.127. The number of nitrogens with zero attached hydrogens (tertiary/aromatic N) is 1. The van der Waals surface area contributed by atoms with Crippen molar-refractivity contribution in [2.45, 2.75) is 51.9 Å². The van der Waals surface area contributed by atoms with Crippen LogP contribution in [0.15, 0.2) is 30.3 Å². The van der Waals surface area contributed by atoms with Gasteiger partial charge in [0.05, 0.1) is 17.1 Å². The van der Waals surface area contributed by atoms with Crippen molar-refractivity contribution >= 4 is 11.6 Å². The second-order valence-corrected chi connectivity index (χ2v) is 6.56. The summed E-state index contributed by atoms with van der Waals surface area (Å²) < 4.78 is 0. The van der Waals surface area contributed by atoms with Crippen molar-refractivity contribution < 1.29 is 4.79 Å². The molecular weight excluding hydrogens is 286 g/mol. The summed E-state index contributed by atoms with van der Waals surface area (Å²) in [7, 11) is 0. The van der Waals surface area contributed by atoms with Crippen molar-refractivity contribution in [1.29, 1.82) is 0 Å². The fourth-order valence-corrected chi connectivity index (χ4v) is 3.40. The molecule has 0 aliphatic heterocycles. The number of nitrogens with one attached hydrogen (secondary N) is 2. The van der Waals surface area contributed by atoms with E-state index >= 15 is 0 Å². The van der Waals surface area contributed by atoms with E-state index in [1.165, 1.54) is 31.2 Å². The van der Waals surface area contributed by atoms with Crippen LogP contribution in [0.1, 0.15) is 49.1 Å². The number of aromatic nitrogens is 2. The predicted molar refractivity (Wildman–Crippen MR) is 92.4 cm³/mol. The van der Waals surface area contributed by atoms with Crippen molar-refractivity contribution in [3.63, 3.8) is 0 Å². The number of H-pyrrole nitrogens is 1. The van der Waals surface area contributed by atoms with Crippen molar-refractivity contribution in [2.75, 3.05) is 5.32 Å². The fourth-order valence-electron chi connectivity index (χ4n) is 3.40. The highest BCUT2D eigenvalue weighted by Gasteiger charge is 2.20. The molecule has 0 saturated heterocycles. The lowest BCUT2D eigenvalue weighted by atomic mass is 10.0. The maximum atomic E-state index is 12.3. The van der Waals surface area contributed by atoms with Crippen LogP contribution in [-0.2, 0) is 17.6 Å². The summed E-state index contributed by atoms with van der Waals surface area (Å²) in [5, 5.41) is 10.5. The van der Waals surface area contributed by atoms with Crippen LogP contribution in [0.3, 0.4) is 0 Å². The van der Waals surface area contributed by atoms with E-state index in [0.717, 1.165) is 29.9 Å². The Morgan fingerprint density at radius 1 is 1.22 bits per heavy atom. The Hall–Kier alpha value is -2.10. The SMILES string of the molecule is Cc1[nH]nc(CCc2ccccc2)c1NC(=O)CC1CCCC1. The first-order valence-electron chi connectivity index (χ1n) is 8.60. The van der Waals surface area contributed by atoms with Crippen LogP contribution in [0.5, 0.6) is 0 Å². The molecule has 1 aromatic carbocycles. The van der Waals surface area contributed by atoms with Crippen LogP contribution >= 0.6 is 0 Å². The molecule has 1 fully saturated rings. The number of anilines is 1. The Balaban J connectivity index is 1.60. The van der Waals surface area contributed by atoms with Crippen molar-refractivity contribution in [1.82, 2.24) is 10.2 Å². The summed E-state index contributed by atoms with van der Waals surface area (Å²) in [4.78, 5) is 12.3. The lowest BCUT2D eigenvalue weighted by molar-refractivity contribution is -0.117. The van der Waals surface area contributed by atoms with Crippen LogP contribution in [-0.4, -0.2) is 16.1 Å². The molecule has 0 atom stereocenters. The number of aromatic amines is 1. The molecular formula is C19H25N3O. The van der Waals surface area contributed by atoms with E-state index in [9.17, 15) is 4.79 Å². The highest BCUT2D eigenvalue weighted by atomic mass is 16.1. The molecule has 0 spiro atoms. The summed E-state index contributed by atoms with van der Waals surface area (Å²) >= 11 is 0. The van der Waals surface area contributed by atoms with Gasteiger partial charge in [-0.15, -0.1) is 0 Å². The fraction of sp³-hybridized carbons (Fsp3) is 0.474. The van der Waals surface area contributed by atoms with Gasteiger partial charge in [-0.2, -0.15) is 5.10 Å². The van der Waals surface area contributed by atoms with E-state index in [4.69, 9.17) is 0 Å². The molecule has 4 heteroatoms. The number of amides is 1. The third-order valence-electron chi connectivity index (χ3n) is 4.73. The number of aryl methyl sites for hydroxylation is 3. The number of benzene rings is 1. The largest absolute Gasteiger partial charge is 0.323 e. The van der Waals surface area contributed by atoms with Crippen molar-refractivity contribution in [3.8, 4) is 0 Å². The number of hydrogen-bond donors (Lipinski definition) is 2. The summed E-state index contributed by atoms with van der Waals surface area (Å²) in [5.41, 5.74) is 4.05. The smallest absolute Gasteiger partial charge is 0.224 e. The van der Waals surface area contributed by atoms with Gasteiger partial charge in [0, 0.05) is 6.42 Å². The molecule has 3 rings (SSSR count). The number of carbonyl (C=O) groups is 1. The van der Waals surface area contributed by atoms with Gasteiger partial charge in [0.2, 0.25) is 5.91 Å². The molecule has 2 N–H and O–H groups in total. The summed E-state index contributed by atoms with van der Waals surface area (Å²) in [6.45, 7) is 1.96. The molecule has 1 saturated carbocycles. The molecule has 122 valence electrons.